The lowest BCUT2D eigenvalue weighted by Gasteiger charge is -2.44. The zero-order chi connectivity index (χ0) is 13.9. The molecule has 0 aliphatic heterocycles. The van der Waals surface area contributed by atoms with Crippen LogP contribution in [0.4, 0.5) is 10.1 Å². The van der Waals surface area contributed by atoms with Crippen molar-refractivity contribution in [3.05, 3.63) is 24.0 Å². The molecule has 106 valence electrons. The summed E-state index contributed by atoms with van der Waals surface area (Å²) in [5.41, 5.74) is 6.97. The van der Waals surface area contributed by atoms with Crippen molar-refractivity contribution in [1.82, 2.24) is 0 Å². The van der Waals surface area contributed by atoms with Crippen molar-refractivity contribution < 1.29 is 9.13 Å². The van der Waals surface area contributed by atoms with Crippen LogP contribution in [0.5, 0.6) is 5.75 Å². The Hall–Kier alpha value is -1.29. The van der Waals surface area contributed by atoms with Gasteiger partial charge in [0.2, 0.25) is 0 Å². The van der Waals surface area contributed by atoms with Gasteiger partial charge in [0.1, 0.15) is 0 Å². The first-order chi connectivity index (χ1) is 9.10. The summed E-state index contributed by atoms with van der Waals surface area (Å²) in [6.07, 6.45) is 3.60. The fourth-order valence-corrected chi connectivity index (χ4v) is 2.70. The lowest BCUT2D eigenvalue weighted by Crippen LogP contribution is -2.46. The van der Waals surface area contributed by atoms with E-state index in [1.54, 1.807) is 6.07 Å². The minimum Gasteiger partial charge on any atom is -0.491 e. The summed E-state index contributed by atoms with van der Waals surface area (Å²) in [4.78, 5) is 2.09. The van der Waals surface area contributed by atoms with Crippen LogP contribution in [0.25, 0.3) is 0 Å². The molecular formula is C15H23FN2O. The minimum atomic E-state index is -0.304. The zero-order valence-corrected chi connectivity index (χ0v) is 11.8. The fraction of sp³-hybridized carbons (Fsp3) is 0.600. The van der Waals surface area contributed by atoms with E-state index in [2.05, 4.69) is 4.90 Å². The van der Waals surface area contributed by atoms with Crippen LogP contribution in [0, 0.1) is 11.2 Å². The second-order valence-electron chi connectivity index (χ2n) is 5.46. The molecule has 1 saturated carbocycles. The van der Waals surface area contributed by atoms with Gasteiger partial charge in [-0.2, -0.15) is 0 Å². The average Bonchev–Trinajstić information content (AvgIpc) is 2.36. The molecule has 0 amide bonds. The molecule has 1 aromatic carbocycles. The molecule has 0 aromatic heterocycles. The van der Waals surface area contributed by atoms with Crippen molar-refractivity contribution in [2.75, 3.05) is 31.6 Å². The molecule has 4 heteroatoms. The van der Waals surface area contributed by atoms with Gasteiger partial charge in [-0.15, -0.1) is 0 Å². The second-order valence-corrected chi connectivity index (χ2v) is 5.46. The fourth-order valence-electron chi connectivity index (χ4n) is 2.70. The summed E-state index contributed by atoms with van der Waals surface area (Å²) in [6, 6.07) is 5.13. The Bertz CT molecular complexity index is 427. The molecule has 1 aromatic rings. The maximum atomic E-state index is 13.8. The maximum absolute atomic E-state index is 13.8. The summed E-state index contributed by atoms with van der Waals surface area (Å²) in [5.74, 6) is 0.0124. The average molecular weight is 266 g/mol. The largest absolute Gasteiger partial charge is 0.491 e. The topological polar surface area (TPSA) is 38.5 Å². The zero-order valence-electron chi connectivity index (χ0n) is 11.8. The third-order valence-electron chi connectivity index (χ3n) is 4.08. The van der Waals surface area contributed by atoms with Crippen LogP contribution >= 0.6 is 0 Å². The van der Waals surface area contributed by atoms with Crippen LogP contribution in [0.3, 0.4) is 0 Å². The molecule has 1 aliphatic rings. The van der Waals surface area contributed by atoms with Crippen LogP contribution < -0.4 is 15.4 Å². The number of anilines is 1. The predicted octanol–water partition coefficient (Wildman–Crippen LogP) is 2.79. The minimum absolute atomic E-state index is 0.226. The first-order valence-electron chi connectivity index (χ1n) is 6.94. The van der Waals surface area contributed by atoms with Gasteiger partial charge in [-0.05, 0) is 38.4 Å². The van der Waals surface area contributed by atoms with Crippen molar-refractivity contribution in [2.24, 2.45) is 11.1 Å². The number of ether oxygens (including phenoxy) is 1. The highest BCUT2D eigenvalue weighted by molar-refractivity contribution is 5.49. The van der Waals surface area contributed by atoms with E-state index in [9.17, 15) is 4.39 Å². The van der Waals surface area contributed by atoms with Crippen molar-refractivity contribution in [3.8, 4) is 5.75 Å². The first kappa shape index (κ1) is 14.1. The van der Waals surface area contributed by atoms with E-state index >= 15 is 0 Å². The van der Waals surface area contributed by atoms with Gasteiger partial charge in [-0.3, -0.25) is 0 Å². The number of rotatable bonds is 6. The summed E-state index contributed by atoms with van der Waals surface area (Å²) >= 11 is 0. The second kappa shape index (κ2) is 5.78. The van der Waals surface area contributed by atoms with Crippen molar-refractivity contribution in [1.29, 1.82) is 0 Å². The standard InChI is InChI=1S/C15H23FN2O/c1-3-19-14-6-5-12(9-13(14)16)18(2)11-15(10-17)7-4-8-15/h5-6,9H,3-4,7-8,10-11,17H2,1-2H3. The van der Waals surface area contributed by atoms with Crippen LogP contribution in [-0.2, 0) is 0 Å². The number of nitrogens with two attached hydrogens (primary N) is 1. The molecule has 0 atom stereocenters. The monoisotopic (exact) mass is 266 g/mol. The number of benzene rings is 1. The van der Waals surface area contributed by atoms with Gasteiger partial charge in [-0.25, -0.2) is 4.39 Å². The quantitative estimate of drug-likeness (QED) is 0.860. The molecule has 2 rings (SSSR count). The SMILES string of the molecule is CCOc1ccc(N(C)CC2(CN)CCC2)cc1F. The summed E-state index contributed by atoms with van der Waals surface area (Å²) in [5, 5.41) is 0. The Morgan fingerprint density at radius 3 is 2.63 bits per heavy atom. The van der Waals surface area contributed by atoms with Crippen LogP contribution in [0.2, 0.25) is 0 Å². The van der Waals surface area contributed by atoms with Gasteiger partial charge in [0.15, 0.2) is 11.6 Å². The first-order valence-corrected chi connectivity index (χ1v) is 6.94. The molecule has 0 heterocycles. The van der Waals surface area contributed by atoms with Gasteiger partial charge < -0.3 is 15.4 Å². The van der Waals surface area contributed by atoms with E-state index in [0.717, 1.165) is 12.2 Å². The summed E-state index contributed by atoms with van der Waals surface area (Å²) < 4.78 is 19.0. The lowest BCUT2D eigenvalue weighted by atomic mass is 9.68. The summed E-state index contributed by atoms with van der Waals surface area (Å²) in [6.45, 7) is 3.91. The third kappa shape index (κ3) is 3.00. The Labute approximate surface area is 114 Å². The van der Waals surface area contributed by atoms with E-state index in [-0.39, 0.29) is 11.2 Å². The van der Waals surface area contributed by atoms with Gasteiger partial charge in [0.05, 0.1) is 6.61 Å². The van der Waals surface area contributed by atoms with Crippen LogP contribution in [0.1, 0.15) is 26.2 Å². The predicted molar refractivity (Wildman–Crippen MR) is 76.2 cm³/mol. The number of nitrogens with zero attached hydrogens (tertiary/aromatic N) is 1. The van der Waals surface area contributed by atoms with Crippen LogP contribution in [0.15, 0.2) is 18.2 Å². The number of halogens is 1. The Morgan fingerprint density at radius 2 is 2.16 bits per heavy atom. The maximum Gasteiger partial charge on any atom is 0.167 e. The third-order valence-corrected chi connectivity index (χ3v) is 4.08. The van der Waals surface area contributed by atoms with Gasteiger partial charge in [0.25, 0.3) is 0 Å². The van der Waals surface area contributed by atoms with Crippen molar-refractivity contribution in [3.63, 3.8) is 0 Å². The highest BCUT2D eigenvalue weighted by Gasteiger charge is 2.36. The Morgan fingerprint density at radius 1 is 1.42 bits per heavy atom. The molecule has 0 radical (unpaired) electrons. The Balaban J connectivity index is 2.06. The molecule has 0 unspecified atom stereocenters. The summed E-state index contributed by atoms with van der Waals surface area (Å²) in [7, 11) is 1.99. The molecule has 1 aliphatic carbocycles. The van der Waals surface area contributed by atoms with Gasteiger partial charge >= 0.3 is 0 Å². The highest BCUT2D eigenvalue weighted by atomic mass is 19.1. The van der Waals surface area contributed by atoms with E-state index in [0.29, 0.717) is 18.9 Å². The molecule has 19 heavy (non-hydrogen) atoms. The van der Waals surface area contributed by atoms with E-state index in [1.165, 1.54) is 25.3 Å². The normalized spacial score (nSPS) is 16.8. The molecule has 0 spiro atoms. The Kier molecular flexibility index (Phi) is 4.30. The van der Waals surface area contributed by atoms with Crippen molar-refractivity contribution >= 4 is 5.69 Å². The number of hydrogen-bond acceptors (Lipinski definition) is 3. The van der Waals surface area contributed by atoms with E-state index in [4.69, 9.17) is 10.5 Å². The van der Waals surface area contributed by atoms with E-state index < -0.39 is 0 Å². The molecular weight excluding hydrogens is 243 g/mol. The molecule has 3 nitrogen and oxygen atoms in total. The smallest absolute Gasteiger partial charge is 0.167 e. The molecule has 0 bridgehead atoms. The molecule has 1 fully saturated rings. The van der Waals surface area contributed by atoms with Crippen molar-refractivity contribution in [2.45, 2.75) is 26.2 Å². The van der Waals surface area contributed by atoms with Gasteiger partial charge in [-0.1, -0.05) is 6.42 Å². The van der Waals surface area contributed by atoms with E-state index in [1.807, 2.05) is 20.0 Å². The van der Waals surface area contributed by atoms with Crippen LogP contribution in [-0.4, -0.2) is 26.7 Å². The molecule has 2 N–H and O–H groups in total. The lowest BCUT2D eigenvalue weighted by molar-refractivity contribution is 0.154. The molecule has 0 saturated heterocycles. The highest BCUT2D eigenvalue weighted by Crippen LogP contribution is 2.41. The van der Waals surface area contributed by atoms with Gasteiger partial charge in [0, 0.05) is 30.8 Å². The number of hydrogen-bond donors (Lipinski definition) is 1.